The van der Waals surface area contributed by atoms with Crippen molar-refractivity contribution >= 4 is 11.0 Å². The van der Waals surface area contributed by atoms with Crippen LogP contribution in [0.1, 0.15) is 5.56 Å². The quantitative estimate of drug-likeness (QED) is 0.716. The van der Waals surface area contributed by atoms with E-state index in [-0.39, 0.29) is 22.3 Å². The number of halogens is 3. The number of alkyl halides is 3. The van der Waals surface area contributed by atoms with Crippen molar-refractivity contribution in [3.05, 3.63) is 50.7 Å². The van der Waals surface area contributed by atoms with Crippen LogP contribution in [0.5, 0.6) is 0 Å². The lowest BCUT2D eigenvalue weighted by Crippen LogP contribution is -2.22. The zero-order valence-electron chi connectivity index (χ0n) is 11.2. The van der Waals surface area contributed by atoms with E-state index in [1.54, 1.807) is 0 Å². The van der Waals surface area contributed by atoms with Crippen molar-refractivity contribution in [3.8, 4) is 11.3 Å². The van der Waals surface area contributed by atoms with Gasteiger partial charge in [0.1, 0.15) is 11.2 Å². The van der Waals surface area contributed by atoms with Crippen LogP contribution in [0.4, 0.5) is 13.2 Å². The molecule has 0 atom stereocenters. The number of H-pyrrole nitrogens is 2. The van der Waals surface area contributed by atoms with Crippen molar-refractivity contribution in [2.75, 3.05) is 0 Å². The molecule has 2 aromatic heterocycles. The molecule has 0 bridgehead atoms. The summed E-state index contributed by atoms with van der Waals surface area (Å²) in [5.74, 6) is 0. The SMILES string of the molecule is Cn1nc(-c2ccccc2C(F)(F)F)c2[nH]c(=O)[nH]c(=O)c21. The minimum absolute atomic E-state index is 0.00780. The maximum Gasteiger partial charge on any atom is 0.417 e. The maximum atomic E-state index is 13.1. The first kappa shape index (κ1) is 14.1. The molecule has 1 aromatic carbocycles. The summed E-state index contributed by atoms with van der Waals surface area (Å²) in [5, 5.41) is 3.96. The molecule has 2 heterocycles. The van der Waals surface area contributed by atoms with Crippen LogP contribution >= 0.6 is 0 Å². The molecule has 0 aliphatic carbocycles. The Hall–Kier alpha value is -2.84. The second-order valence-corrected chi connectivity index (χ2v) is 4.65. The van der Waals surface area contributed by atoms with E-state index in [0.29, 0.717) is 0 Å². The predicted octanol–water partition coefficient (Wildman–Crippen LogP) is 1.64. The number of fused-ring (bicyclic) bond motifs is 1. The third-order valence-electron chi connectivity index (χ3n) is 3.22. The van der Waals surface area contributed by atoms with E-state index in [1.807, 2.05) is 4.98 Å². The fraction of sp³-hybridized carbons (Fsp3) is 0.154. The zero-order valence-corrected chi connectivity index (χ0v) is 11.2. The second kappa shape index (κ2) is 4.58. The van der Waals surface area contributed by atoms with E-state index < -0.39 is 23.0 Å². The number of hydrogen-bond donors (Lipinski definition) is 2. The van der Waals surface area contributed by atoms with Gasteiger partial charge in [0, 0.05) is 12.6 Å². The van der Waals surface area contributed by atoms with Crippen LogP contribution < -0.4 is 11.2 Å². The van der Waals surface area contributed by atoms with Gasteiger partial charge in [0.2, 0.25) is 0 Å². The fourth-order valence-corrected chi connectivity index (χ4v) is 2.34. The number of benzene rings is 1. The van der Waals surface area contributed by atoms with Gasteiger partial charge in [-0.25, -0.2) is 4.79 Å². The molecule has 3 aromatic rings. The lowest BCUT2D eigenvalue weighted by atomic mass is 10.0. The first-order valence-electron chi connectivity index (χ1n) is 6.15. The van der Waals surface area contributed by atoms with Crippen molar-refractivity contribution in [2.45, 2.75) is 6.18 Å². The van der Waals surface area contributed by atoms with E-state index in [9.17, 15) is 22.8 Å². The van der Waals surface area contributed by atoms with Gasteiger partial charge in [0.05, 0.1) is 5.56 Å². The molecule has 0 unspecified atom stereocenters. The summed E-state index contributed by atoms with van der Waals surface area (Å²) in [5.41, 5.74) is -2.77. The zero-order chi connectivity index (χ0) is 16.1. The summed E-state index contributed by atoms with van der Waals surface area (Å²) >= 11 is 0. The van der Waals surface area contributed by atoms with Gasteiger partial charge in [0.15, 0.2) is 5.52 Å². The predicted molar refractivity (Wildman–Crippen MR) is 72.4 cm³/mol. The van der Waals surface area contributed by atoms with Gasteiger partial charge in [-0.1, -0.05) is 18.2 Å². The Bertz CT molecular complexity index is 981. The molecule has 0 amide bonds. The Kier molecular flexibility index (Phi) is 2.94. The molecular weight excluding hydrogens is 301 g/mol. The molecule has 2 N–H and O–H groups in total. The van der Waals surface area contributed by atoms with Crippen LogP contribution in [0.25, 0.3) is 22.3 Å². The minimum atomic E-state index is -4.58. The number of aromatic nitrogens is 4. The standard InChI is InChI=1S/C13H9F3N4O2/c1-20-10-9(17-12(22)18-11(10)21)8(19-20)6-4-2-3-5-7(6)13(14,15)16/h2-5H,1H3,(H2,17,18,21,22). The monoisotopic (exact) mass is 310 g/mol. The van der Waals surface area contributed by atoms with Crippen molar-refractivity contribution in [2.24, 2.45) is 7.05 Å². The Morgan fingerprint density at radius 3 is 2.50 bits per heavy atom. The van der Waals surface area contributed by atoms with Crippen LogP contribution in [0, 0.1) is 0 Å². The van der Waals surface area contributed by atoms with Gasteiger partial charge in [-0.15, -0.1) is 0 Å². The lowest BCUT2D eigenvalue weighted by molar-refractivity contribution is -0.137. The Balaban J connectivity index is 2.43. The van der Waals surface area contributed by atoms with Gasteiger partial charge >= 0.3 is 11.9 Å². The van der Waals surface area contributed by atoms with Crippen molar-refractivity contribution < 1.29 is 13.2 Å². The number of aromatic amines is 2. The number of aryl methyl sites for hydroxylation is 1. The number of rotatable bonds is 1. The van der Waals surface area contributed by atoms with E-state index in [1.165, 1.54) is 25.2 Å². The summed E-state index contributed by atoms with van der Waals surface area (Å²) in [6, 6.07) is 4.84. The summed E-state index contributed by atoms with van der Waals surface area (Å²) in [4.78, 5) is 27.5. The van der Waals surface area contributed by atoms with Crippen LogP contribution in [0.15, 0.2) is 33.9 Å². The van der Waals surface area contributed by atoms with Gasteiger partial charge in [0.25, 0.3) is 5.56 Å². The Morgan fingerprint density at radius 2 is 1.82 bits per heavy atom. The molecule has 0 saturated heterocycles. The van der Waals surface area contributed by atoms with Crippen molar-refractivity contribution in [1.82, 2.24) is 19.7 Å². The summed E-state index contributed by atoms with van der Waals surface area (Å²) in [6.07, 6.45) is -4.58. The molecule has 9 heteroatoms. The first-order chi connectivity index (χ1) is 10.3. The summed E-state index contributed by atoms with van der Waals surface area (Å²) < 4.78 is 40.5. The molecule has 0 saturated carbocycles. The molecule has 0 radical (unpaired) electrons. The number of nitrogens with zero attached hydrogens (tertiary/aromatic N) is 2. The second-order valence-electron chi connectivity index (χ2n) is 4.65. The first-order valence-corrected chi connectivity index (χ1v) is 6.15. The molecule has 6 nitrogen and oxygen atoms in total. The molecule has 22 heavy (non-hydrogen) atoms. The van der Waals surface area contributed by atoms with Crippen LogP contribution in [-0.4, -0.2) is 19.7 Å². The third-order valence-corrected chi connectivity index (χ3v) is 3.22. The van der Waals surface area contributed by atoms with Gasteiger partial charge in [-0.05, 0) is 6.07 Å². The molecule has 0 fully saturated rings. The van der Waals surface area contributed by atoms with Crippen LogP contribution in [-0.2, 0) is 13.2 Å². The molecule has 3 rings (SSSR count). The Labute approximate surface area is 120 Å². The van der Waals surface area contributed by atoms with E-state index in [0.717, 1.165) is 10.7 Å². The molecule has 0 aliphatic heterocycles. The highest BCUT2D eigenvalue weighted by Crippen LogP contribution is 2.37. The average molecular weight is 310 g/mol. The van der Waals surface area contributed by atoms with E-state index >= 15 is 0 Å². The average Bonchev–Trinajstić information content (AvgIpc) is 2.75. The molecule has 114 valence electrons. The Morgan fingerprint density at radius 1 is 1.14 bits per heavy atom. The molecule has 0 spiro atoms. The fourth-order valence-electron chi connectivity index (χ4n) is 2.34. The maximum absolute atomic E-state index is 13.1. The van der Waals surface area contributed by atoms with Crippen molar-refractivity contribution in [3.63, 3.8) is 0 Å². The topological polar surface area (TPSA) is 83.5 Å². The summed E-state index contributed by atoms with van der Waals surface area (Å²) in [7, 11) is 1.41. The highest BCUT2D eigenvalue weighted by atomic mass is 19.4. The van der Waals surface area contributed by atoms with Crippen LogP contribution in [0.3, 0.4) is 0 Å². The normalized spacial score (nSPS) is 12.0. The lowest BCUT2D eigenvalue weighted by Gasteiger charge is -2.10. The van der Waals surface area contributed by atoms with E-state index in [2.05, 4.69) is 10.1 Å². The largest absolute Gasteiger partial charge is 0.417 e. The number of nitrogens with one attached hydrogen (secondary N) is 2. The minimum Gasteiger partial charge on any atom is -0.304 e. The van der Waals surface area contributed by atoms with Crippen molar-refractivity contribution in [1.29, 1.82) is 0 Å². The van der Waals surface area contributed by atoms with Gasteiger partial charge in [-0.3, -0.25) is 14.5 Å². The van der Waals surface area contributed by atoms with Gasteiger partial charge < -0.3 is 4.98 Å². The molecule has 0 aliphatic rings. The van der Waals surface area contributed by atoms with Crippen LogP contribution in [0.2, 0.25) is 0 Å². The third kappa shape index (κ3) is 2.10. The highest BCUT2D eigenvalue weighted by Gasteiger charge is 2.34. The summed E-state index contributed by atoms with van der Waals surface area (Å²) in [6.45, 7) is 0. The molecular formula is C13H9F3N4O2. The smallest absolute Gasteiger partial charge is 0.304 e. The van der Waals surface area contributed by atoms with E-state index in [4.69, 9.17) is 0 Å². The highest BCUT2D eigenvalue weighted by molar-refractivity contribution is 5.90. The number of hydrogen-bond acceptors (Lipinski definition) is 3. The van der Waals surface area contributed by atoms with Gasteiger partial charge in [-0.2, -0.15) is 18.3 Å².